The highest BCUT2D eigenvalue weighted by atomic mass is 19.4. The lowest BCUT2D eigenvalue weighted by Crippen LogP contribution is -2.19. The molecular formula is C12H13F3N6O2. The van der Waals surface area contributed by atoms with Gasteiger partial charge in [0, 0.05) is 25.9 Å². The number of nitrogens with two attached hydrogens (primary N) is 1. The maximum absolute atomic E-state index is 12.6. The highest BCUT2D eigenvalue weighted by molar-refractivity contribution is 6.07. The molecule has 0 fully saturated rings. The number of nitrogens with one attached hydrogen (secondary N) is 1. The van der Waals surface area contributed by atoms with Crippen molar-refractivity contribution in [2.75, 3.05) is 5.32 Å². The van der Waals surface area contributed by atoms with Crippen molar-refractivity contribution in [2.45, 2.75) is 19.6 Å². The Bertz CT molecular complexity index is 761. The Morgan fingerprint density at radius 2 is 2.00 bits per heavy atom. The average Bonchev–Trinajstić information content (AvgIpc) is 3.01. The summed E-state index contributed by atoms with van der Waals surface area (Å²) in [5.41, 5.74) is 3.47. The van der Waals surface area contributed by atoms with Crippen molar-refractivity contribution in [1.29, 1.82) is 0 Å². The molecular weight excluding hydrogens is 317 g/mol. The molecule has 2 aromatic rings. The van der Waals surface area contributed by atoms with E-state index in [1.54, 1.807) is 6.92 Å². The fraction of sp³-hybridized carbons (Fsp3) is 0.333. The number of aryl methyl sites for hydroxylation is 2. The van der Waals surface area contributed by atoms with E-state index in [0.29, 0.717) is 12.6 Å². The first kappa shape index (κ1) is 16.5. The fourth-order valence-corrected chi connectivity index (χ4v) is 1.86. The van der Waals surface area contributed by atoms with Crippen molar-refractivity contribution in [2.24, 2.45) is 12.8 Å². The lowest BCUT2D eigenvalue weighted by Gasteiger charge is -2.03. The average molecular weight is 330 g/mol. The predicted molar refractivity (Wildman–Crippen MR) is 72.6 cm³/mol. The minimum atomic E-state index is -4.66. The molecule has 0 aromatic carbocycles. The molecule has 2 aromatic heterocycles. The minimum absolute atomic E-state index is 0.0131. The number of alkyl halides is 3. The summed E-state index contributed by atoms with van der Waals surface area (Å²) < 4.78 is 40.0. The summed E-state index contributed by atoms with van der Waals surface area (Å²) in [7, 11) is 1.20. The third-order valence-electron chi connectivity index (χ3n) is 2.97. The molecule has 0 aliphatic carbocycles. The van der Waals surface area contributed by atoms with Crippen LogP contribution in [0, 0.1) is 0 Å². The Hall–Kier alpha value is -2.85. The number of amides is 2. The number of rotatable bonds is 4. The number of anilines is 1. The molecule has 0 aliphatic rings. The number of carbonyl (C=O) groups excluding carboxylic acids is 2. The van der Waals surface area contributed by atoms with E-state index in [9.17, 15) is 22.8 Å². The first-order valence-electron chi connectivity index (χ1n) is 6.43. The summed E-state index contributed by atoms with van der Waals surface area (Å²) in [6.45, 7) is 2.17. The standard InChI is InChI=1S/C12H13F3N6O2/c1-3-21-5-6(9(19-21)10(16)22)17-11(23)7-4-8(12(13,14)15)18-20(7)2/h4-5H,3H2,1-2H3,(H2,16,22)(H,17,23). The van der Waals surface area contributed by atoms with Gasteiger partial charge in [0.15, 0.2) is 11.4 Å². The third-order valence-corrected chi connectivity index (χ3v) is 2.97. The molecule has 8 nitrogen and oxygen atoms in total. The molecule has 11 heteroatoms. The SMILES string of the molecule is CCn1cc(NC(=O)c2cc(C(F)(F)F)nn2C)c(C(N)=O)n1. The summed E-state index contributed by atoms with van der Waals surface area (Å²) in [6.07, 6.45) is -3.30. The zero-order valence-corrected chi connectivity index (χ0v) is 12.2. The van der Waals surface area contributed by atoms with Crippen molar-refractivity contribution >= 4 is 17.5 Å². The van der Waals surface area contributed by atoms with Gasteiger partial charge in [-0.2, -0.15) is 23.4 Å². The monoisotopic (exact) mass is 330 g/mol. The van der Waals surface area contributed by atoms with Crippen LogP contribution in [0.3, 0.4) is 0 Å². The maximum atomic E-state index is 12.6. The Balaban J connectivity index is 2.31. The van der Waals surface area contributed by atoms with Crippen LogP contribution in [0.5, 0.6) is 0 Å². The van der Waals surface area contributed by atoms with Gasteiger partial charge < -0.3 is 11.1 Å². The number of primary amides is 1. The molecule has 3 N–H and O–H groups in total. The first-order valence-corrected chi connectivity index (χ1v) is 6.43. The molecule has 2 heterocycles. The van der Waals surface area contributed by atoms with Crippen LogP contribution < -0.4 is 11.1 Å². The number of nitrogens with zero attached hydrogens (tertiary/aromatic N) is 4. The van der Waals surface area contributed by atoms with E-state index in [0.717, 1.165) is 4.68 Å². The lowest BCUT2D eigenvalue weighted by atomic mass is 10.3. The summed E-state index contributed by atoms with van der Waals surface area (Å²) in [4.78, 5) is 23.4. The Morgan fingerprint density at radius 1 is 1.35 bits per heavy atom. The van der Waals surface area contributed by atoms with Crippen LogP contribution in [0.15, 0.2) is 12.3 Å². The van der Waals surface area contributed by atoms with E-state index in [2.05, 4.69) is 15.5 Å². The van der Waals surface area contributed by atoms with Gasteiger partial charge in [-0.15, -0.1) is 0 Å². The maximum Gasteiger partial charge on any atom is 0.435 e. The van der Waals surface area contributed by atoms with Crippen molar-refractivity contribution in [3.63, 3.8) is 0 Å². The second-order valence-corrected chi connectivity index (χ2v) is 4.60. The highest BCUT2D eigenvalue weighted by Gasteiger charge is 2.35. The van der Waals surface area contributed by atoms with E-state index in [1.165, 1.54) is 17.9 Å². The lowest BCUT2D eigenvalue weighted by molar-refractivity contribution is -0.141. The Labute approximate surface area is 128 Å². The van der Waals surface area contributed by atoms with Crippen LogP contribution in [-0.2, 0) is 19.8 Å². The topological polar surface area (TPSA) is 108 Å². The quantitative estimate of drug-likeness (QED) is 0.872. The molecule has 0 saturated heterocycles. The van der Waals surface area contributed by atoms with Gasteiger partial charge in [0.2, 0.25) is 0 Å². The summed E-state index contributed by atoms with van der Waals surface area (Å²) >= 11 is 0. The largest absolute Gasteiger partial charge is 0.435 e. The Morgan fingerprint density at radius 3 is 2.48 bits per heavy atom. The number of carbonyl (C=O) groups is 2. The van der Waals surface area contributed by atoms with Gasteiger partial charge in [-0.25, -0.2) is 0 Å². The number of hydrogen-bond acceptors (Lipinski definition) is 4. The van der Waals surface area contributed by atoms with E-state index in [-0.39, 0.29) is 17.1 Å². The van der Waals surface area contributed by atoms with Gasteiger partial charge in [0.25, 0.3) is 11.8 Å². The molecule has 2 amide bonds. The normalized spacial score (nSPS) is 11.5. The molecule has 0 radical (unpaired) electrons. The molecule has 23 heavy (non-hydrogen) atoms. The highest BCUT2D eigenvalue weighted by Crippen LogP contribution is 2.28. The minimum Gasteiger partial charge on any atom is -0.364 e. The van der Waals surface area contributed by atoms with Gasteiger partial charge >= 0.3 is 6.18 Å². The van der Waals surface area contributed by atoms with E-state index in [1.807, 2.05) is 0 Å². The molecule has 0 bridgehead atoms. The number of halogens is 3. The van der Waals surface area contributed by atoms with Gasteiger partial charge in [0.05, 0.1) is 5.69 Å². The molecule has 0 spiro atoms. The molecule has 2 rings (SSSR count). The van der Waals surface area contributed by atoms with Gasteiger partial charge in [0.1, 0.15) is 5.69 Å². The third kappa shape index (κ3) is 3.33. The van der Waals surface area contributed by atoms with E-state index < -0.39 is 23.7 Å². The van der Waals surface area contributed by atoms with Gasteiger partial charge in [-0.3, -0.25) is 19.0 Å². The van der Waals surface area contributed by atoms with Crippen LogP contribution in [0.2, 0.25) is 0 Å². The van der Waals surface area contributed by atoms with Crippen LogP contribution in [0.25, 0.3) is 0 Å². The summed E-state index contributed by atoms with van der Waals surface area (Å²) in [5, 5.41) is 9.43. The molecule has 0 aliphatic heterocycles. The first-order chi connectivity index (χ1) is 10.6. The van der Waals surface area contributed by atoms with Crippen molar-refractivity contribution in [3.8, 4) is 0 Å². The zero-order chi connectivity index (χ0) is 17.4. The molecule has 0 atom stereocenters. The van der Waals surface area contributed by atoms with Gasteiger partial charge in [-0.1, -0.05) is 0 Å². The number of hydrogen-bond donors (Lipinski definition) is 2. The Kier molecular flexibility index (Phi) is 4.12. The van der Waals surface area contributed by atoms with Crippen LogP contribution in [0.4, 0.5) is 18.9 Å². The second kappa shape index (κ2) is 5.74. The van der Waals surface area contributed by atoms with Crippen LogP contribution in [-0.4, -0.2) is 31.4 Å². The van der Waals surface area contributed by atoms with Crippen molar-refractivity contribution in [3.05, 3.63) is 29.3 Å². The fourth-order valence-electron chi connectivity index (χ4n) is 1.86. The number of aromatic nitrogens is 4. The van der Waals surface area contributed by atoms with E-state index >= 15 is 0 Å². The molecule has 0 unspecified atom stereocenters. The second-order valence-electron chi connectivity index (χ2n) is 4.60. The summed E-state index contributed by atoms with van der Waals surface area (Å²) in [5.74, 6) is -1.73. The van der Waals surface area contributed by atoms with Crippen LogP contribution >= 0.6 is 0 Å². The molecule has 0 saturated carbocycles. The predicted octanol–water partition coefficient (Wildman–Crippen LogP) is 1.01. The van der Waals surface area contributed by atoms with Gasteiger partial charge in [-0.05, 0) is 6.92 Å². The van der Waals surface area contributed by atoms with Crippen molar-refractivity contribution in [1.82, 2.24) is 19.6 Å². The van der Waals surface area contributed by atoms with Crippen LogP contribution in [0.1, 0.15) is 33.6 Å². The molecule has 124 valence electrons. The summed E-state index contributed by atoms with van der Waals surface area (Å²) in [6, 6.07) is 0.615. The zero-order valence-electron chi connectivity index (χ0n) is 12.2. The van der Waals surface area contributed by atoms with Crippen molar-refractivity contribution < 1.29 is 22.8 Å². The smallest absolute Gasteiger partial charge is 0.364 e. The van der Waals surface area contributed by atoms with E-state index in [4.69, 9.17) is 5.73 Å².